The number of carbonyl (C=O) groups is 1. The Morgan fingerprint density at radius 3 is 2.47 bits per heavy atom. The van der Waals surface area contributed by atoms with Gasteiger partial charge in [-0.25, -0.2) is 0 Å². The maximum absolute atomic E-state index is 10.8. The zero-order valence-electron chi connectivity index (χ0n) is 9.56. The van der Waals surface area contributed by atoms with Crippen molar-refractivity contribution in [1.29, 1.82) is 0 Å². The Balaban J connectivity index is 2.45. The number of aliphatic carboxylic acids is 1. The molecule has 0 aliphatic carbocycles. The summed E-state index contributed by atoms with van der Waals surface area (Å²) in [5, 5.41) is 11.7. The van der Waals surface area contributed by atoms with Crippen molar-refractivity contribution in [2.24, 2.45) is 0 Å². The molecule has 5 heteroatoms. The largest absolute Gasteiger partial charge is 0.480 e. The van der Waals surface area contributed by atoms with Gasteiger partial charge < -0.3 is 15.2 Å². The summed E-state index contributed by atoms with van der Waals surface area (Å²) in [5.74, 6) is -0.802. The fraction of sp³-hybridized carbons (Fsp3) is 0.900. The third-order valence-electron chi connectivity index (χ3n) is 2.58. The van der Waals surface area contributed by atoms with Crippen LogP contribution < -0.4 is 5.32 Å². The average Bonchev–Trinajstić information content (AvgIpc) is 2.12. The molecule has 0 amide bonds. The number of morpholine rings is 1. The molecule has 1 fully saturated rings. The normalized spacial score (nSPS) is 30.1. The molecular formula is C10H20N2O3. The van der Waals surface area contributed by atoms with Crippen molar-refractivity contribution in [3.8, 4) is 0 Å². The molecule has 0 radical (unpaired) electrons. The Morgan fingerprint density at radius 2 is 2.07 bits per heavy atom. The van der Waals surface area contributed by atoms with Crippen LogP contribution in [0.25, 0.3) is 0 Å². The Bertz CT molecular complexity index is 213. The Morgan fingerprint density at radius 1 is 1.53 bits per heavy atom. The average molecular weight is 216 g/mol. The summed E-state index contributed by atoms with van der Waals surface area (Å²) in [6.45, 7) is 6.16. The SMILES string of the molecule is CNC(CN1C[C@@H](C)O[C@@H](C)C1)C(=O)O. The first-order chi connectivity index (χ1) is 7.02. The maximum Gasteiger partial charge on any atom is 0.322 e. The quantitative estimate of drug-likeness (QED) is 0.679. The first kappa shape index (κ1) is 12.4. The van der Waals surface area contributed by atoms with E-state index in [1.54, 1.807) is 7.05 Å². The second-order valence-corrected chi connectivity index (χ2v) is 4.16. The molecule has 1 heterocycles. The summed E-state index contributed by atoms with van der Waals surface area (Å²) >= 11 is 0. The predicted octanol–water partition coefficient (Wildman–Crippen LogP) is -0.232. The lowest BCUT2D eigenvalue weighted by atomic mass is 10.2. The minimum absolute atomic E-state index is 0.181. The lowest BCUT2D eigenvalue weighted by Gasteiger charge is -2.36. The number of carboxylic acid groups (broad SMARTS) is 1. The van der Waals surface area contributed by atoms with Crippen LogP contribution in [0.4, 0.5) is 0 Å². The number of carboxylic acids is 1. The molecule has 0 aromatic heterocycles. The molecule has 88 valence electrons. The predicted molar refractivity (Wildman–Crippen MR) is 56.9 cm³/mol. The van der Waals surface area contributed by atoms with Crippen molar-refractivity contribution in [2.75, 3.05) is 26.7 Å². The zero-order chi connectivity index (χ0) is 11.4. The smallest absolute Gasteiger partial charge is 0.322 e. The van der Waals surface area contributed by atoms with Crippen molar-refractivity contribution in [3.05, 3.63) is 0 Å². The minimum Gasteiger partial charge on any atom is -0.480 e. The summed E-state index contributed by atoms with van der Waals surface area (Å²) in [5.41, 5.74) is 0. The molecule has 0 spiro atoms. The van der Waals surface area contributed by atoms with Crippen LogP contribution in [0.15, 0.2) is 0 Å². The second kappa shape index (κ2) is 5.44. The number of nitrogens with zero attached hydrogens (tertiary/aromatic N) is 1. The third-order valence-corrected chi connectivity index (χ3v) is 2.58. The third kappa shape index (κ3) is 3.77. The van der Waals surface area contributed by atoms with E-state index in [0.717, 1.165) is 13.1 Å². The molecule has 1 unspecified atom stereocenters. The molecule has 15 heavy (non-hydrogen) atoms. The van der Waals surface area contributed by atoms with Crippen LogP contribution in [0, 0.1) is 0 Å². The lowest BCUT2D eigenvalue weighted by molar-refractivity contribution is -0.141. The van der Waals surface area contributed by atoms with Gasteiger partial charge in [0.15, 0.2) is 0 Å². The minimum atomic E-state index is -0.802. The molecule has 0 aromatic carbocycles. The van der Waals surface area contributed by atoms with Gasteiger partial charge in [-0.2, -0.15) is 0 Å². The highest BCUT2D eigenvalue weighted by atomic mass is 16.5. The fourth-order valence-electron chi connectivity index (χ4n) is 1.98. The van der Waals surface area contributed by atoms with Crippen LogP contribution in [0.3, 0.4) is 0 Å². The molecule has 5 nitrogen and oxygen atoms in total. The number of likely N-dealkylation sites (N-methyl/N-ethyl adjacent to an activating group) is 1. The maximum atomic E-state index is 10.8. The molecule has 3 atom stereocenters. The highest BCUT2D eigenvalue weighted by Gasteiger charge is 2.26. The van der Waals surface area contributed by atoms with Crippen LogP contribution in [0.5, 0.6) is 0 Å². The molecule has 0 bridgehead atoms. The van der Waals surface area contributed by atoms with Crippen LogP contribution in [-0.4, -0.2) is 60.9 Å². The van der Waals surface area contributed by atoms with E-state index < -0.39 is 12.0 Å². The van der Waals surface area contributed by atoms with E-state index >= 15 is 0 Å². The number of rotatable bonds is 4. The highest BCUT2D eigenvalue weighted by molar-refractivity contribution is 5.73. The molecule has 0 saturated carbocycles. The standard InChI is InChI=1S/C10H20N2O3/c1-7-4-12(5-8(2)15-7)6-9(11-3)10(13)14/h7-9,11H,4-6H2,1-3H3,(H,13,14)/t7-,8+,9?. The first-order valence-electron chi connectivity index (χ1n) is 5.30. The van der Waals surface area contributed by atoms with Crippen molar-refractivity contribution in [2.45, 2.75) is 32.1 Å². The van der Waals surface area contributed by atoms with Gasteiger partial charge in [-0.15, -0.1) is 0 Å². The molecule has 1 saturated heterocycles. The molecule has 1 aliphatic rings. The van der Waals surface area contributed by atoms with E-state index in [9.17, 15) is 4.79 Å². The fourth-order valence-corrected chi connectivity index (χ4v) is 1.98. The molecule has 0 aromatic rings. The zero-order valence-corrected chi connectivity index (χ0v) is 9.56. The Labute approximate surface area is 90.4 Å². The second-order valence-electron chi connectivity index (χ2n) is 4.16. The molecular weight excluding hydrogens is 196 g/mol. The van der Waals surface area contributed by atoms with Crippen LogP contribution >= 0.6 is 0 Å². The van der Waals surface area contributed by atoms with Crippen molar-refractivity contribution < 1.29 is 14.6 Å². The van der Waals surface area contributed by atoms with E-state index in [4.69, 9.17) is 9.84 Å². The lowest BCUT2D eigenvalue weighted by Crippen LogP contribution is -2.52. The van der Waals surface area contributed by atoms with Gasteiger partial charge in [0.25, 0.3) is 0 Å². The highest BCUT2D eigenvalue weighted by Crippen LogP contribution is 2.10. The van der Waals surface area contributed by atoms with Gasteiger partial charge in [-0.3, -0.25) is 9.69 Å². The van der Waals surface area contributed by atoms with Gasteiger partial charge in [0.2, 0.25) is 0 Å². The van der Waals surface area contributed by atoms with E-state index in [1.807, 2.05) is 13.8 Å². The van der Waals surface area contributed by atoms with Crippen molar-refractivity contribution >= 4 is 5.97 Å². The van der Waals surface area contributed by atoms with Gasteiger partial charge in [0.05, 0.1) is 12.2 Å². The summed E-state index contributed by atoms with van der Waals surface area (Å²) in [7, 11) is 1.67. The number of ether oxygens (including phenoxy) is 1. The summed E-state index contributed by atoms with van der Waals surface area (Å²) in [6.07, 6.45) is 0.361. The van der Waals surface area contributed by atoms with Crippen LogP contribution in [-0.2, 0) is 9.53 Å². The molecule has 1 aliphatic heterocycles. The van der Waals surface area contributed by atoms with E-state index in [-0.39, 0.29) is 12.2 Å². The number of hydrogen-bond acceptors (Lipinski definition) is 4. The summed E-state index contributed by atoms with van der Waals surface area (Å²) in [6, 6.07) is -0.498. The van der Waals surface area contributed by atoms with Crippen molar-refractivity contribution in [3.63, 3.8) is 0 Å². The Kier molecular flexibility index (Phi) is 4.50. The topological polar surface area (TPSA) is 61.8 Å². The number of nitrogens with one attached hydrogen (secondary N) is 1. The Hall–Kier alpha value is -0.650. The van der Waals surface area contributed by atoms with Gasteiger partial charge >= 0.3 is 5.97 Å². The number of hydrogen-bond donors (Lipinski definition) is 2. The summed E-state index contributed by atoms with van der Waals surface area (Å²) < 4.78 is 5.58. The van der Waals surface area contributed by atoms with E-state index in [2.05, 4.69) is 10.2 Å². The van der Waals surface area contributed by atoms with Gasteiger partial charge in [-0.1, -0.05) is 0 Å². The van der Waals surface area contributed by atoms with Crippen LogP contribution in [0.1, 0.15) is 13.8 Å². The van der Waals surface area contributed by atoms with Gasteiger partial charge in [0, 0.05) is 19.6 Å². The van der Waals surface area contributed by atoms with Gasteiger partial charge in [0.1, 0.15) is 6.04 Å². The van der Waals surface area contributed by atoms with E-state index in [0.29, 0.717) is 6.54 Å². The van der Waals surface area contributed by atoms with Crippen LogP contribution in [0.2, 0.25) is 0 Å². The summed E-state index contributed by atoms with van der Waals surface area (Å²) in [4.78, 5) is 13.0. The van der Waals surface area contributed by atoms with Gasteiger partial charge in [-0.05, 0) is 20.9 Å². The monoisotopic (exact) mass is 216 g/mol. The first-order valence-corrected chi connectivity index (χ1v) is 5.30. The van der Waals surface area contributed by atoms with Crippen molar-refractivity contribution in [1.82, 2.24) is 10.2 Å². The van der Waals surface area contributed by atoms with E-state index in [1.165, 1.54) is 0 Å². The molecule has 2 N–H and O–H groups in total. The molecule has 1 rings (SSSR count).